The number of nitrogens with zero attached hydrogens (tertiary/aromatic N) is 4. The Morgan fingerprint density at radius 2 is 2.16 bits per heavy atom. The molecule has 0 fully saturated rings. The lowest BCUT2D eigenvalue weighted by Crippen LogP contribution is -2.04. The third-order valence-electron chi connectivity index (χ3n) is 3.82. The molecule has 25 heavy (non-hydrogen) atoms. The van der Waals surface area contributed by atoms with Crippen molar-refractivity contribution >= 4 is 11.6 Å². The third-order valence-corrected chi connectivity index (χ3v) is 3.82. The van der Waals surface area contributed by atoms with Crippen LogP contribution in [0.2, 0.25) is 0 Å². The molecular formula is C18H16N4O3. The van der Waals surface area contributed by atoms with E-state index >= 15 is 0 Å². The first-order valence-corrected chi connectivity index (χ1v) is 7.85. The van der Waals surface area contributed by atoms with Crippen LogP contribution in [0.1, 0.15) is 27.6 Å². The number of hydrogen-bond donors (Lipinski definition) is 0. The topological polar surface area (TPSA) is 74.6 Å². The zero-order valence-corrected chi connectivity index (χ0v) is 13.6. The largest absolute Gasteiger partial charge is 0.453 e. The molecule has 4 aromatic heterocycles. The van der Waals surface area contributed by atoms with Crippen molar-refractivity contribution in [2.24, 2.45) is 0 Å². The van der Waals surface area contributed by atoms with E-state index in [4.69, 9.17) is 9.15 Å². The zero-order valence-electron chi connectivity index (χ0n) is 13.6. The summed E-state index contributed by atoms with van der Waals surface area (Å²) in [7, 11) is 0. The van der Waals surface area contributed by atoms with Crippen molar-refractivity contribution in [3.05, 3.63) is 77.9 Å². The molecule has 0 saturated heterocycles. The number of furan rings is 1. The first-order valence-electron chi connectivity index (χ1n) is 7.85. The van der Waals surface area contributed by atoms with Crippen molar-refractivity contribution in [1.29, 1.82) is 0 Å². The fourth-order valence-corrected chi connectivity index (χ4v) is 2.61. The van der Waals surface area contributed by atoms with Gasteiger partial charge in [0.05, 0.1) is 12.2 Å². The molecule has 4 rings (SSSR count). The number of fused-ring (bicyclic) bond motifs is 1. The molecule has 4 aromatic rings. The number of aromatic nitrogens is 4. The van der Waals surface area contributed by atoms with E-state index in [1.54, 1.807) is 23.0 Å². The van der Waals surface area contributed by atoms with Crippen LogP contribution in [0.25, 0.3) is 5.65 Å². The average Bonchev–Trinajstić information content (AvgIpc) is 3.34. The first-order chi connectivity index (χ1) is 12.2. The van der Waals surface area contributed by atoms with Gasteiger partial charge in [0, 0.05) is 24.8 Å². The molecule has 0 unspecified atom stereocenters. The highest BCUT2D eigenvalue weighted by Gasteiger charge is 2.14. The van der Waals surface area contributed by atoms with Gasteiger partial charge in [-0.1, -0.05) is 6.07 Å². The minimum Gasteiger partial charge on any atom is -0.453 e. The van der Waals surface area contributed by atoms with Crippen LogP contribution in [0.15, 0.2) is 59.5 Å². The van der Waals surface area contributed by atoms with Crippen LogP contribution < -0.4 is 0 Å². The van der Waals surface area contributed by atoms with E-state index in [-0.39, 0.29) is 12.4 Å². The molecule has 0 aromatic carbocycles. The number of aryl methyl sites for hydroxylation is 1. The molecule has 7 nitrogen and oxygen atoms in total. The number of esters is 1. The van der Waals surface area contributed by atoms with Gasteiger partial charge in [-0.05, 0) is 36.8 Å². The Morgan fingerprint density at radius 1 is 1.24 bits per heavy atom. The molecule has 0 saturated carbocycles. The molecule has 7 heteroatoms. The number of ether oxygens (including phenoxy) is 1. The lowest BCUT2D eigenvalue weighted by Gasteiger charge is -2.00. The number of carbonyl (C=O) groups is 1. The quantitative estimate of drug-likeness (QED) is 0.524. The van der Waals surface area contributed by atoms with Crippen molar-refractivity contribution in [1.82, 2.24) is 19.2 Å². The van der Waals surface area contributed by atoms with E-state index in [2.05, 4.69) is 10.1 Å². The predicted octanol–water partition coefficient (Wildman–Crippen LogP) is 2.84. The summed E-state index contributed by atoms with van der Waals surface area (Å²) in [6, 6.07) is 9.11. The minimum atomic E-state index is -0.513. The summed E-state index contributed by atoms with van der Waals surface area (Å²) < 4.78 is 14.5. The van der Waals surface area contributed by atoms with Gasteiger partial charge in [0.1, 0.15) is 18.0 Å². The van der Waals surface area contributed by atoms with Crippen molar-refractivity contribution in [3.8, 4) is 0 Å². The molecule has 0 bridgehead atoms. The summed E-state index contributed by atoms with van der Waals surface area (Å²) in [5.41, 5.74) is 2.61. The van der Waals surface area contributed by atoms with Crippen LogP contribution in [0, 0.1) is 6.92 Å². The third kappa shape index (κ3) is 3.16. The number of rotatable bonds is 5. The monoisotopic (exact) mass is 336 g/mol. The lowest BCUT2D eigenvalue weighted by molar-refractivity contribution is 0.0429. The normalized spacial score (nSPS) is 11.1. The molecule has 126 valence electrons. The highest BCUT2D eigenvalue weighted by molar-refractivity contribution is 5.86. The van der Waals surface area contributed by atoms with Crippen LogP contribution in [0.3, 0.4) is 0 Å². The Bertz CT molecular complexity index is 1010. The van der Waals surface area contributed by atoms with Gasteiger partial charge in [0.15, 0.2) is 0 Å². The van der Waals surface area contributed by atoms with E-state index in [0.29, 0.717) is 18.0 Å². The van der Waals surface area contributed by atoms with Gasteiger partial charge < -0.3 is 13.6 Å². The maximum absolute atomic E-state index is 12.1. The van der Waals surface area contributed by atoms with E-state index < -0.39 is 5.97 Å². The molecule has 0 N–H and O–H groups in total. The van der Waals surface area contributed by atoms with Crippen molar-refractivity contribution in [2.75, 3.05) is 0 Å². The smallest absolute Gasteiger partial charge is 0.374 e. The summed E-state index contributed by atoms with van der Waals surface area (Å²) in [4.78, 5) is 16.6. The van der Waals surface area contributed by atoms with Gasteiger partial charge in [-0.25, -0.2) is 9.78 Å². The highest BCUT2D eigenvalue weighted by Crippen LogP contribution is 2.13. The number of hydrogen-bond acceptors (Lipinski definition) is 5. The molecule has 0 spiro atoms. The van der Waals surface area contributed by atoms with Crippen LogP contribution >= 0.6 is 0 Å². The van der Waals surface area contributed by atoms with Gasteiger partial charge in [-0.3, -0.25) is 4.68 Å². The predicted molar refractivity (Wildman–Crippen MR) is 89.1 cm³/mol. The van der Waals surface area contributed by atoms with Crippen molar-refractivity contribution in [2.45, 2.75) is 20.1 Å². The fraction of sp³-hybridized carbons (Fsp3) is 0.167. The Labute approximate surface area is 143 Å². The summed E-state index contributed by atoms with van der Waals surface area (Å²) in [5.74, 6) is 0.293. The second-order valence-electron chi connectivity index (χ2n) is 5.70. The lowest BCUT2D eigenvalue weighted by atomic mass is 10.3. The van der Waals surface area contributed by atoms with Gasteiger partial charge in [0.25, 0.3) is 0 Å². The second kappa shape index (κ2) is 6.27. The Kier molecular flexibility index (Phi) is 3.81. The molecule has 0 aliphatic carbocycles. The molecule has 0 aliphatic heterocycles. The zero-order chi connectivity index (χ0) is 17.2. The summed E-state index contributed by atoms with van der Waals surface area (Å²) in [6.45, 7) is 2.54. The van der Waals surface area contributed by atoms with Crippen molar-refractivity contribution in [3.63, 3.8) is 0 Å². The average molecular weight is 336 g/mol. The maximum Gasteiger partial charge on any atom is 0.374 e. The second-order valence-corrected chi connectivity index (χ2v) is 5.70. The molecule has 4 heterocycles. The summed E-state index contributed by atoms with van der Waals surface area (Å²) >= 11 is 0. The van der Waals surface area contributed by atoms with Gasteiger partial charge in [0.2, 0.25) is 5.76 Å². The molecular weight excluding hydrogens is 320 g/mol. The van der Waals surface area contributed by atoms with E-state index in [0.717, 1.165) is 11.2 Å². The Hall–Kier alpha value is -3.35. The van der Waals surface area contributed by atoms with Crippen LogP contribution in [-0.4, -0.2) is 25.1 Å². The van der Waals surface area contributed by atoms with Crippen molar-refractivity contribution < 1.29 is 13.9 Å². The van der Waals surface area contributed by atoms with E-state index in [1.807, 2.05) is 48.1 Å². The summed E-state index contributed by atoms with van der Waals surface area (Å²) in [6.07, 6.45) is 7.27. The molecule has 0 atom stereocenters. The first kappa shape index (κ1) is 15.2. The van der Waals surface area contributed by atoms with Gasteiger partial charge >= 0.3 is 5.97 Å². The maximum atomic E-state index is 12.1. The van der Waals surface area contributed by atoms with Gasteiger partial charge in [-0.15, -0.1) is 0 Å². The minimum absolute atomic E-state index is 0.0924. The molecule has 0 amide bonds. The standard InChI is InChI=1S/C18H16N4O3/c1-13-4-2-8-21-10-14(20-17(13)21)12-24-18(23)16-6-5-15(25-16)11-22-9-3-7-19-22/h2-10H,11-12H2,1H3. The highest BCUT2D eigenvalue weighted by atomic mass is 16.5. The number of imidazole rings is 1. The number of pyridine rings is 1. The van der Waals surface area contributed by atoms with Crippen LogP contribution in [0.4, 0.5) is 0 Å². The van der Waals surface area contributed by atoms with Gasteiger partial charge in [-0.2, -0.15) is 5.10 Å². The molecule has 0 aliphatic rings. The Balaban J connectivity index is 1.41. The SMILES string of the molecule is Cc1cccn2cc(COC(=O)c3ccc(Cn4cccn4)o3)nc12. The Morgan fingerprint density at radius 3 is 2.96 bits per heavy atom. The fourth-order valence-electron chi connectivity index (χ4n) is 2.61. The summed E-state index contributed by atoms with van der Waals surface area (Å²) in [5, 5.41) is 4.10. The van der Waals surface area contributed by atoms with E-state index in [1.165, 1.54) is 0 Å². The van der Waals surface area contributed by atoms with E-state index in [9.17, 15) is 4.79 Å². The van der Waals surface area contributed by atoms with Crippen LogP contribution in [0.5, 0.6) is 0 Å². The van der Waals surface area contributed by atoms with Crippen LogP contribution in [-0.2, 0) is 17.9 Å². The number of carbonyl (C=O) groups excluding carboxylic acids is 1. The molecule has 0 radical (unpaired) electrons.